The molecular weight excluding hydrogens is 292 g/mol. The van der Waals surface area contributed by atoms with E-state index in [9.17, 15) is 9.59 Å². The van der Waals surface area contributed by atoms with Gasteiger partial charge in [0.25, 0.3) is 0 Å². The molecule has 0 spiro atoms. The SMILES string of the molecule is NC(=O)CCCCCCCCCCCCCCOCCC(N)=O. The van der Waals surface area contributed by atoms with Gasteiger partial charge in [-0.25, -0.2) is 0 Å². The summed E-state index contributed by atoms with van der Waals surface area (Å²) in [5, 5.41) is 0. The van der Waals surface area contributed by atoms with Crippen LogP contribution < -0.4 is 11.5 Å². The Morgan fingerprint density at radius 2 is 0.913 bits per heavy atom. The highest BCUT2D eigenvalue weighted by atomic mass is 16.5. The summed E-state index contributed by atoms with van der Waals surface area (Å²) in [6.45, 7) is 1.20. The molecule has 0 aromatic heterocycles. The van der Waals surface area contributed by atoms with Crippen LogP contribution in [-0.2, 0) is 14.3 Å². The predicted octanol–water partition coefficient (Wildman–Crippen LogP) is 3.44. The van der Waals surface area contributed by atoms with Crippen molar-refractivity contribution in [1.82, 2.24) is 0 Å². The smallest absolute Gasteiger partial charge is 0.219 e. The number of hydrogen-bond acceptors (Lipinski definition) is 3. The predicted molar refractivity (Wildman–Crippen MR) is 93.8 cm³/mol. The molecular formula is C18H36N2O3. The Balaban J connectivity index is 3.00. The third-order valence-corrected chi connectivity index (χ3v) is 3.95. The quantitative estimate of drug-likeness (QED) is 0.377. The lowest BCUT2D eigenvalue weighted by Crippen LogP contribution is -2.13. The maximum absolute atomic E-state index is 10.6. The van der Waals surface area contributed by atoms with Crippen molar-refractivity contribution >= 4 is 11.8 Å². The van der Waals surface area contributed by atoms with Gasteiger partial charge in [0.15, 0.2) is 0 Å². The minimum Gasteiger partial charge on any atom is -0.381 e. The van der Waals surface area contributed by atoms with Gasteiger partial charge < -0.3 is 16.2 Å². The molecule has 0 heterocycles. The van der Waals surface area contributed by atoms with Crippen molar-refractivity contribution in [3.63, 3.8) is 0 Å². The van der Waals surface area contributed by atoms with Gasteiger partial charge in [-0.15, -0.1) is 0 Å². The summed E-state index contributed by atoms with van der Waals surface area (Å²) in [6.07, 6.45) is 15.6. The molecule has 5 heteroatoms. The van der Waals surface area contributed by atoms with E-state index in [2.05, 4.69) is 0 Å². The Kier molecular flexibility index (Phi) is 16.4. The summed E-state index contributed by atoms with van der Waals surface area (Å²) in [5.41, 5.74) is 10.1. The summed E-state index contributed by atoms with van der Waals surface area (Å²) >= 11 is 0. The molecule has 0 aliphatic rings. The highest BCUT2D eigenvalue weighted by Crippen LogP contribution is 2.12. The topological polar surface area (TPSA) is 95.4 Å². The van der Waals surface area contributed by atoms with Gasteiger partial charge in [0.1, 0.15) is 0 Å². The van der Waals surface area contributed by atoms with Gasteiger partial charge in [0.05, 0.1) is 6.61 Å². The molecule has 0 saturated heterocycles. The van der Waals surface area contributed by atoms with Gasteiger partial charge in [0.2, 0.25) is 11.8 Å². The minimum atomic E-state index is -0.296. The molecule has 4 N–H and O–H groups in total. The van der Waals surface area contributed by atoms with Gasteiger partial charge in [-0.2, -0.15) is 0 Å². The Hall–Kier alpha value is -1.10. The Morgan fingerprint density at radius 1 is 0.522 bits per heavy atom. The fourth-order valence-electron chi connectivity index (χ4n) is 2.55. The molecule has 136 valence electrons. The van der Waals surface area contributed by atoms with Crippen molar-refractivity contribution in [3.8, 4) is 0 Å². The maximum Gasteiger partial charge on any atom is 0.219 e. The number of ether oxygens (including phenoxy) is 1. The molecule has 0 aliphatic heterocycles. The molecule has 0 unspecified atom stereocenters. The second kappa shape index (κ2) is 17.3. The number of carbonyl (C=O) groups is 2. The van der Waals surface area contributed by atoms with Crippen LogP contribution in [0.15, 0.2) is 0 Å². The molecule has 5 nitrogen and oxygen atoms in total. The third-order valence-electron chi connectivity index (χ3n) is 3.95. The third kappa shape index (κ3) is 20.9. The zero-order valence-corrected chi connectivity index (χ0v) is 14.7. The van der Waals surface area contributed by atoms with Crippen LogP contribution in [0.5, 0.6) is 0 Å². The zero-order valence-electron chi connectivity index (χ0n) is 14.7. The number of amides is 2. The van der Waals surface area contributed by atoms with Crippen molar-refractivity contribution in [2.75, 3.05) is 13.2 Å². The van der Waals surface area contributed by atoms with Crippen LogP contribution in [0.1, 0.15) is 89.9 Å². The largest absolute Gasteiger partial charge is 0.381 e. The summed E-state index contributed by atoms with van der Waals surface area (Å²) in [6, 6.07) is 0. The second-order valence-electron chi connectivity index (χ2n) is 6.29. The summed E-state index contributed by atoms with van der Waals surface area (Å²) in [5.74, 6) is -0.474. The average Bonchev–Trinajstić information content (AvgIpc) is 2.49. The maximum atomic E-state index is 10.6. The van der Waals surface area contributed by atoms with E-state index in [-0.39, 0.29) is 11.8 Å². The second-order valence-corrected chi connectivity index (χ2v) is 6.29. The lowest BCUT2D eigenvalue weighted by atomic mass is 10.0. The van der Waals surface area contributed by atoms with E-state index >= 15 is 0 Å². The van der Waals surface area contributed by atoms with Crippen LogP contribution >= 0.6 is 0 Å². The van der Waals surface area contributed by atoms with Crippen LogP contribution in [0.4, 0.5) is 0 Å². The first kappa shape index (κ1) is 21.9. The summed E-state index contributed by atoms with van der Waals surface area (Å²) in [4.78, 5) is 21.1. The standard InChI is InChI=1S/C18H36N2O3/c19-17(21)13-11-9-7-5-3-1-2-4-6-8-10-12-15-23-16-14-18(20)22/h1-16H2,(H2,19,21)(H2,20,22). The van der Waals surface area contributed by atoms with Crippen LogP contribution in [0.3, 0.4) is 0 Å². The Labute approximate surface area is 141 Å². The molecule has 0 aliphatic carbocycles. The molecule has 0 rings (SSSR count). The van der Waals surface area contributed by atoms with E-state index in [0.717, 1.165) is 25.9 Å². The highest BCUT2D eigenvalue weighted by molar-refractivity contribution is 5.73. The van der Waals surface area contributed by atoms with Crippen LogP contribution in [0.2, 0.25) is 0 Å². The number of hydrogen-bond donors (Lipinski definition) is 2. The number of primary amides is 2. The fraction of sp³-hybridized carbons (Fsp3) is 0.889. The number of carbonyl (C=O) groups excluding carboxylic acids is 2. The lowest BCUT2D eigenvalue weighted by molar-refractivity contribution is -0.119. The summed E-state index contributed by atoms with van der Waals surface area (Å²) < 4.78 is 5.33. The minimum absolute atomic E-state index is 0.178. The van der Waals surface area contributed by atoms with Crippen molar-refractivity contribution in [2.45, 2.75) is 89.9 Å². The highest BCUT2D eigenvalue weighted by Gasteiger charge is 1.97. The van der Waals surface area contributed by atoms with E-state index < -0.39 is 0 Å². The van der Waals surface area contributed by atoms with E-state index in [0.29, 0.717) is 19.4 Å². The van der Waals surface area contributed by atoms with Gasteiger partial charge >= 0.3 is 0 Å². The first-order valence-corrected chi connectivity index (χ1v) is 9.27. The van der Waals surface area contributed by atoms with Crippen LogP contribution in [-0.4, -0.2) is 25.0 Å². The Morgan fingerprint density at radius 3 is 1.35 bits per heavy atom. The van der Waals surface area contributed by atoms with Gasteiger partial charge in [-0.05, 0) is 12.8 Å². The van der Waals surface area contributed by atoms with Crippen molar-refractivity contribution < 1.29 is 14.3 Å². The van der Waals surface area contributed by atoms with Gasteiger partial charge in [-0.3, -0.25) is 9.59 Å². The normalized spacial score (nSPS) is 10.8. The molecule has 0 bridgehead atoms. The van der Waals surface area contributed by atoms with Crippen molar-refractivity contribution in [1.29, 1.82) is 0 Å². The molecule has 0 saturated carbocycles. The van der Waals surface area contributed by atoms with Crippen molar-refractivity contribution in [3.05, 3.63) is 0 Å². The first-order valence-electron chi connectivity index (χ1n) is 9.27. The van der Waals surface area contributed by atoms with Gasteiger partial charge in [-0.1, -0.05) is 64.2 Å². The van der Waals surface area contributed by atoms with E-state index in [1.165, 1.54) is 57.8 Å². The molecule has 2 amide bonds. The molecule has 0 atom stereocenters. The number of rotatable bonds is 18. The molecule has 0 aromatic carbocycles. The van der Waals surface area contributed by atoms with E-state index in [4.69, 9.17) is 16.2 Å². The first-order chi connectivity index (χ1) is 11.1. The van der Waals surface area contributed by atoms with Gasteiger partial charge in [0, 0.05) is 19.4 Å². The molecule has 0 aromatic rings. The lowest BCUT2D eigenvalue weighted by Gasteiger charge is -2.04. The molecule has 0 fully saturated rings. The van der Waals surface area contributed by atoms with Crippen LogP contribution in [0, 0.1) is 0 Å². The summed E-state index contributed by atoms with van der Waals surface area (Å²) in [7, 11) is 0. The number of nitrogens with two attached hydrogens (primary N) is 2. The van der Waals surface area contributed by atoms with Crippen molar-refractivity contribution in [2.24, 2.45) is 11.5 Å². The Bertz CT molecular complexity index is 268. The average molecular weight is 328 g/mol. The number of unbranched alkanes of at least 4 members (excludes halogenated alkanes) is 11. The monoisotopic (exact) mass is 328 g/mol. The zero-order chi connectivity index (χ0) is 17.2. The molecule has 23 heavy (non-hydrogen) atoms. The van der Waals surface area contributed by atoms with E-state index in [1.54, 1.807) is 0 Å². The van der Waals surface area contributed by atoms with E-state index in [1.807, 2.05) is 0 Å². The fourth-order valence-corrected chi connectivity index (χ4v) is 2.55. The van der Waals surface area contributed by atoms with Crippen LogP contribution in [0.25, 0.3) is 0 Å². The molecule has 0 radical (unpaired) electrons.